The molecule has 0 spiro atoms. The van der Waals surface area contributed by atoms with Crippen LogP contribution in [0.15, 0.2) is 30.5 Å². The van der Waals surface area contributed by atoms with Gasteiger partial charge in [0.05, 0.1) is 28.8 Å². The van der Waals surface area contributed by atoms with E-state index in [1.54, 1.807) is 17.9 Å². The summed E-state index contributed by atoms with van der Waals surface area (Å²) >= 11 is 0. The molecule has 1 aromatic carbocycles. The molecule has 3 rings (SSSR count). The van der Waals surface area contributed by atoms with Crippen molar-refractivity contribution in [1.82, 2.24) is 20.3 Å². The Kier molecular flexibility index (Phi) is 4.05. The zero-order chi connectivity index (χ0) is 17.4. The van der Waals surface area contributed by atoms with Gasteiger partial charge in [-0.1, -0.05) is 17.3 Å². The summed E-state index contributed by atoms with van der Waals surface area (Å²) in [5.41, 5.74) is -0.215. The maximum Gasteiger partial charge on any atom is 0.416 e. The molecule has 0 aliphatic carbocycles. The first-order valence-electron chi connectivity index (χ1n) is 7.53. The number of halogens is 3. The SMILES string of the molecule is Cn1cc([C@@H]2C[C@](C#N)(c3ccc(C(F)(F)F)cc3)CCN2)nn1. The van der Waals surface area contributed by atoms with E-state index in [-0.39, 0.29) is 6.04 Å². The Balaban J connectivity index is 1.90. The number of aromatic nitrogens is 3. The number of alkyl halides is 3. The van der Waals surface area contributed by atoms with Gasteiger partial charge >= 0.3 is 6.18 Å². The van der Waals surface area contributed by atoms with Crippen LogP contribution in [-0.2, 0) is 18.6 Å². The first-order valence-corrected chi connectivity index (χ1v) is 7.53. The standard InChI is InChI=1S/C16H16F3N5/c1-24-9-14(22-23-24)13-8-15(10-20,6-7-21-13)11-2-4-12(5-3-11)16(17,18)19/h2-5,9,13,21H,6-8H2,1H3/t13-,15+/m0/s1. The largest absolute Gasteiger partial charge is 0.416 e. The lowest BCUT2D eigenvalue weighted by Gasteiger charge is -2.36. The smallest absolute Gasteiger partial charge is 0.308 e. The van der Waals surface area contributed by atoms with Crippen molar-refractivity contribution >= 4 is 0 Å². The molecule has 2 atom stereocenters. The van der Waals surface area contributed by atoms with Crippen LogP contribution in [0.4, 0.5) is 13.2 Å². The number of hydrogen-bond acceptors (Lipinski definition) is 4. The van der Waals surface area contributed by atoms with Gasteiger partial charge in [-0.25, -0.2) is 0 Å². The average molecular weight is 335 g/mol. The minimum absolute atomic E-state index is 0.158. The van der Waals surface area contributed by atoms with Crippen LogP contribution in [0.5, 0.6) is 0 Å². The Morgan fingerprint density at radius 2 is 2.04 bits per heavy atom. The summed E-state index contributed by atoms with van der Waals surface area (Å²) in [5.74, 6) is 0. The van der Waals surface area contributed by atoms with Gasteiger partial charge in [0.25, 0.3) is 0 Å². The number of piperidine rings is 1. The van der Waals surface area contributed by atoms with E-state index >= 15 is 0 Å². The third-order valence-electron chi connectivity index (χ3n) is 4.45. The van der Waals surface area contributed by atoms with Gasteiger partial charge in [-0.3, -0.25) is 4.68 Å². The molecule has 0 amide bonds. The van der Waals surface area contributed by atoms with E-state index in [2.05, 4.69) is 21.7 Å². The average Bonchev–Trinajstić information content (AvgIpc) is 3.01. The van der Waals surface area contributed by atoms with Gasteiger partial charge in [0.1, 0.15) is 0 Å². The van der Waals surface area contributed by atoms with Crippen molar-refractivity contribution in [3.8, 4) is 6.07 Å². The number of nitriles is 1. The van der Waals surface area contributed by atoms with E-state index in [4.69, 9.17) is 0 Å². The van der Waals surface area contributed by atoms with Gasteiger partial charge in [0.2, 0.25) is 0 Å². The number of aryl methyl sites for hydroxylation is 1. The van der Waals surface area contributed by atoms with Crippen molar-refractivity contribution in [2.24, 2.45) is 7.05 Å². The summed E-state index contributed by atoms with van der Waals surface area (Å²) in [6, 6.07) is 7.05. The fraction of sp³-hybridized carbons (Fsp3) is 0.438. The van der Waals surface area contributed by atoms with E-state index in [0.717, 1.165) is 17.8 Å². The molecule has 0 bridgehead atoms. The second kappa shape index (κ2) is 5.91. The summed E-state index contributed by atoms with van der Waals surface area (Å²) < 4.78 is 39.8. The number of nitrogens with zero attached hydrogens (tertiary/aromatic N) is 4. The predicted octanol–water partition coefficient (Wildman–Crippen LogP) is 2.72. The molecular weight excluding hydrogens is 319 g/mol. The molecule has 1 N–H and O–H groups in total. The van der Waals surface area contributed by atoms with Crippen LogP contribution in [0.1, 0.15) is 35.7 Å². The van der Waals surface area contributed by atoms with Crippen molar-refractivity contribution in [3.05, 3.63) is 47.3 Å². The molecule has 2 heterocycles. The molecule has 126 valence electrons. The Morgan fingerprint density at radius 1 is 1.33 bits per heavy atom. The normalized spacial score (nSPS) is 24.5. The molecule has 1 saturated heterocycles. The fourth-order valence-corrected chi connectivity index (χ4v) is 3.12. The van der Waals surface area contributed by atoms with E-state index in [0.29, 0.717) is 24.9 Å². The highest BCUT2D eigenvalue weighted by atomic mass is 19.4. The van der Waals surface area contributed by atoms with E-state index in [9.17, 15) is 18.4 Å². The maximum absolute atomic E-state index is 12.7. The number of nitrogens with one attached hydrogen (secondary N) is 1. The first kappa shape index (κ1) is 16.5. The minimum Gasteiger partial charge on any atom is -0.308 e. The molecule has 0 unspecified atom stereocenters. The molecule has 0 radical (unpaired) electrons. The highest BCUT2D eigenvalue weighted by Crippen LogP contribution is 2.40. The number of hydrogen-bond donors (Lipinski definition) is 1. The highest BCUT2D eigenvalue weighted by Gasteiger charge is 2.40. The van der Waals surface area contributed by atoms with Crippen molar-refractivity contribution in [3.63, 3.8) is 0 Å². The zero-order valence-corrected chi connectivity index (χ0v) is 13.0. The second-order valence-electron chi connectivity index (χ2n) is 6.05. The van der Waals surface area contributed by atoms with Gasteiger partial charge in [0.15, 0.2) is 0 Å². The van der Waals surface area contributed by atoms with Crippen LogP contribution in [0, 0.1) is 11.3 Å². The second-order valence-corrected chi connectivity index (χ2v) is 6.05. The van der Waals surface area contributed by atoms with Gasteiger partial charge in [-0.15, -0.1) is 5.10 Å². The third kappa shape index (κ3) is 2.99. The summed E-state index contributed by atoms with van der Waals surface area (Å²) in [4.78, 5) is 0. The van der Waals surface area contributed by atoms with Crippen LogP contribution in [0.3, 0.4) is 0 Å². The summed E-state index contributed by atoms with van der Waals surface area (Å²) in [5, 5.41) is 21.0. The van der Waals surface area contributed by atoms with Crippen LogP contribution < -0.4 is 5.32 Å². The lowest BCUT2D eigenvalue weighted by molar-refractivity contribution is -0.137. The van der Waals surface area contributed by atoms with Gasteiger partial charge in [-0.2, -0.15) is 18.4 Å². The molecule has 1 aliphatic rings. The first-order chi connectivity index (χ1) is 11.3. The fourth-order valence-electron chi connectivity index (χ4n) is 3.12. The van der Waals surface area contributed by atoms with Crippen LogP contribution in [0.2, 0.25) is 0 Å². The molecule has 2 aromatic rings. The van der Waals surface area contributed by atoms with Crippen LogP contribution in [-0.4, -0.2) is 21.5 Å². The predicted molar refractivity (Wildman–Crippen MR) is 79.7 cm³/mol. The van der Waals surface area contributed by atoms with E-state index in [1.165, 1.54) is 12.1 Å². The Hall–Kier alpha value is -2.40. The van der Waals surface area contributed by atoms with Crippen molar-refractivity contribution in [2.75, 3.05) is 6.54 Å². The molecule has 0 saturated carbocycles. The van der Waals surface area contributed by atoms with Crippen LogP contribution >= 0.6 is 0 Å². The molecule has 1 aromatic heterocycles. The van der Waals surface area contributed by atoms with Crippen molar-refractivity contribution < 1.29 is 13.2 Å². The summed E-state index contributed by atoms with van der Waals surface area (Å²) in [7, 11) is 1.76. The summed E-state index contributed by atoms with van der Waals surface area (Å²) in [6.45, 7) is 0.579. The molecular formula is C16H16F3N5. The molecule has 5 nitrogen and oxygen atoms in total. The minimum atomic E-state index is -4.38. The number of rotatable bonds is 2. The van der Waals surface area contributed by atoms with Gasteiger partial charge < -0.3 is 5.32 Å². The molecule has 24 heavy (non-hydrogen) atoms. The lowest BCUT2D eigenvalue weighted by Crippen LogP contribution is -2.41. The molecule has 8 heteroatoms. The molecule has 1 aliphatic heterocycles. The monoisotopic (exact) mass is 335 g/mol. The Labute approximate surface area is 137 Å². The Morgan fingerprint density at radius 3 is 2.58 bits per heavy atom. The number of benzene rings is 1. The molecule has 1 fully saturated rings. The van der Waals surface area contributed by atoms with E-state index in [1.807, 2.05) is 0 Å². The summed E-state index contributed by atoms with van der Waals surface area (Å²) in [6.07, 6.45) is -1.63. The van der Waals surface area contributed by atoms with Gasteiger partial charge in [0, 0.05) is 13.2 Å². The van der Waals surface area contributed by atoms with Crippen LogP contribution in [0.25, 0.3) is 0 Å². The van der Waals surface area contributed by atoms with Crippen molar-refractivity contribution in [2.45, 2.75) is 30.5 Å². The van der Waals surface area contributed by atoms with Gasteiger partial charge in [-0.05, 0) is 37.1 Å². The zero-order valence-electron chi connectivity index (χ0n) is 13.0. The topological polar surface area (TPSA) is 66.5 Å². The maximum atomic E-state index is 12.7. The highest BCUT2D eigenvalue weighted by molar-refractivity contribution is 5.37. The quantitative estimate of drug-likeness (QED) is 0.916. The third-order valence-corrected chi connectivity index (χ3v) is 4.45. The van der Waals surface area contributed by atoms with E-state index < -0.39 is 17.2 Å². The Bertz CT molecular complexity index is 759. The lowest BCUT2D eigenvalue weighted by atomic mass is 9.71. The van der Waals surface area contributed by atoms with Crippen molar-refractivity contribution in [1.29, 1.82) is 5.26 Å².